The Morgan fingerprint density at radius 3 is 2.72 bits per heavy atom. The number of non-ortho nitro benzene ring substituents is 1. The minimum absolute atomic E-state index is 0.114. The van der Waals surface area contributed by atoms with Gasteiger partial charge in [0.1, 0.15) is 12.4 Å². The van der Waals surface area contributed by atoms with Gasteiger partial charge in [0.15, 0.2) is 0 Å². The van der Waals surface area contributed by atoms with Crippen molar-refractivity contribution in [2.75, 3.05) is 11.9 Å². The maximum absolute atomic E-state index is 10.5. The molecule has 6 nitrogen and oxygen atoms in total. The second kappa shape index (κ2) is 5.81. The highest BCUT2D eigenvalue weighted by Crippen LogP contribution is 2.15. The fraction of sp³-hybridized carbons (Fsp3) is 0.250. The second-order valence-corrected chi connectivity index (χ2v) is 3.93. The number of nitro benzene ring substituents is 1. The summed E-state index contributed by atoms with van der Waals surface area (Å²) in [6, 6.07) is 6.45. The van der Waals surface area contributed by atoms with E-state index in [-0.39, 0.29) is 5.69 Å². The Hall–Kier alpha value is -2.37. The number of anilines is 1. The van der Waals surface area contributed by atoms with Gasteiger partial charge in [0, 0.05) is 30.8 Å². The molecule has 0 atom stereocenters. The van der Waals surface area contributed by atoms with Crippen LogP contribution in [-0.4, -0.2) is 16.5 Å². The number of aromatic amines is 1. The third kappa shape index (κ3) is 3.31. The number of nitro groups is 1. The van der Waals surface area contributed by atoms with Gasteiger partial charge in [-0.3, -0.25) is 15.1 Å². The molecule has 0 unspecified atom stereocenters. The van der Waals surface area contributed by atoms with Gasteiger partial charge in [-0.2, -0.15) is 0 Å². The summed E-state index contributed by atoms with van der Waals surface area (Å²) in [5, 5.41) is 13.7. The van der Waals surface area contributed by atoms with E-state index in [1.165, 1.54) is 12.1 Å². The number of hydrogen-bond donors (Lipinski definition) is 2. The Morgan fingerprint density at radius 2 is 2.11 bits per heavy atom. The van der Waals surface area contributed by atoms with Gasteiger partial charge in [-0.05, 0) is 12.1 Å². The van der Waals surface area contributed by atoms with Gasteiger partial charge in [-0.25, -0.2) is 4.57 Å². The Labute approximate surface area is 104 Å². The molecule has 0 radical (unpaired) electrons. The zero-order valence-electron chi connectivity index (χ0n) is 9.87. The monoisotopic (exact) mass is 247 g/mol. The molecule has 6 heteroatoms. The molecular formula is C12H15N4O2+. The molecule has 2 aromatic rings. The summed E-state index contributed by atoms with van der Waals surface area (Å²) >= 11 is 0. The third-order valence-electron chi connectivity index (χ3n) is 2.60. The molecule has 0 saturated heterocycles. The van der Waals surface area contributed by atoms with Crippen LogP contribution in [0.3, 0.4) is 0 Å². The van der Waals surface area contributed by atoms with E-state index in [1.54, 1.807) is 12.1 Å². The van der Waals surface area contributed by atoms with Crippen LogP contribution >= 0.6 is 0 Å². The standard InChI is InChI=1S/C12H14N4O2/c17-16(18)12-4-2-11(3-5-12)14-6-1-8-15-9-7-13-10-15/h2-5,7,9-10,14H,1,6,8H2/p+1. The molecule has 18 heavy (non-hydrogen) atoms. The van der Waals surface area contributed by atoms with E-state index in [2.05, 4.69) is 14.9 Å². The minimum atomic E-state index is -0.397. The van der Waals surface area contributed by atoms with E-state index < -0.39 is 4.92 Å². The van der Waals surface area contributed by atoms with Gasteiger partial charge in [0.2, 0.25) is 6.33 Å². The quantitative estimate of drug-likeness (QED) is 0.353. The molecule has 0 amide bonds. The van der Waals surface area contributed by atoms with Crippen LogP contribution in [0.1, 0.15) is 6.42 Å². The van der Waals surface area contributed by atoms with E-state index in [0.717, 1.165) is 25.2 Å². The molecule has 0 spiro atoms. The van der Waals surface area contributed by atoms with Crippen molar-refractivity contribution >= 4 is 11.4 Å². The fourth-order valence-corrected chi connectivity index (χ4v) is 1.66. The van der Waals surface area contributed by atoms with E-state index >= 15 is 0 Å². The lowest BCUT2D eigenvalue weighted by Crippen LogP contribution is -2.31. The minimum Gasteiger partial charge on any atom is -0.385 e. The highest BCUT2D eigenvalue weighted by atomic mass is 16.6. The average Bonchev–Trinajstić information content (AvgIpc) is 2.88. The first-order valence-corrected chi connectivity index (χ1v) is 5.76. The van der Waals surface area contributed by atoms with Crippen LogP contribution in [0.5, 0.6) is 0 Å². The van der Waals surface area contributed by atoms with Crippen LogP contribution < -0.4 is 9.88 Å². The molecule has 0 saturated carbocycles. The van der Waals surface area contributed by atoms with Gasteiger partial charge >= 0.3 is 0 Å². The van der Waals surface area contributed by atoms with Crippen molar-refractivity contribution < 1.29 is 9.49 Å². The summed E-state index contributed by atoms with van der Waals surface area (Å²) in [5.41, 5.74) is 1.02. The number of H-pyrrole nitrogens is 1. The van der Waals surface area contributed by atoms with Gasteiger partial charge in [0.25, 0.3) is 5.69 Å². The lowest BCUT2D eigenvalue weighted by atomic mass is 10.3. The molecule has 0 aliphatic heterocycles. The maximum Gasteiger partial charge on any atom is 0.269 e. The molecule has 1 heterocycles. The highest BCUT2D eigenvalue weighted by Gasteiger charge is 2.03. The van der Waals surface area contributed by atoms with E-state index in [9.17, 15) is 10.1 Å². The molecule has 1 aromatic heterocycles. The van der Waals surface area contributed by atoms with Crippen molar-refractivity contribution in [2.45, 2.75) is 13.0 Å². The predicted octanol–water partition coefficient (Wildman–Crippen LogP) is 1.71. The summed E-state index contributed by atoms with van der Waals surface area (Å²) in [4.78, 5) is 13.1. The number of aryl methyl sites for hydroxylation is 1. The van der Waals surface area contributed by atoms with Crippen LogP contribution in [-0.2, 0) is 6.54 Å². The molecular weight excluding hydrogens is 232 g/mol. The number of nitrogens with one attached hydrogen (secondary N) is 2. The zero-order valence-corrected chi connectivity index (χ0v) is 9.87. The lowest BCUT2D eigenvalue weighted by Gasteiger charge is -2.04. The van der Waals surface area contributed by atoms with Crippen molar-refractivity contribution in [3.8, 4) is 0 Å². The summed E-state index contributed by atoms with van der Waals surface area (Å²) in [7, 11) is 0. The van der Waals surface area contributed by atoms with Crippen LogP contribution in [0.4, 0.5) is 11.4 Å². The van der Waals surface area contributed by atoms with Crippen LogP contribution in [0, 0.1) is 10.1 Å². The normalized spacial score (nSPS) is 10.2. The van der Waals surface area contributed by atoms with Crippen molar-refractivity contribution in [1.29, 1.82) is 0 Å². The smallest absolute Gasteiger partial charge is 0.269 e. The Morgan fingerprint density at radius 1 is 1.33 bits per heavy atom. The summed E-state index contributed by atoms with van der Waals surface area (Å²) in [5.74, 6) is 0. The Balaban J connectivity index is 1.75. The first kappa shape index (κ1) is 12.1. The summed E-state index contributed by atoms with van der Waals surface area (Å²) in [6.07, 6.45) is 6.75. The molecule has 1 aromatic carbocycles. The SMILES string of the molecule is O=[N+]([O-])c1ccc(NCCC[n+]2cc[nH]c2)cc1. The van der Waals surface area contributed by atoms with Crippen LogP contribution in [0.25, 0.3) is 0 Å². The number of benzene rings is 1. The van der Waals surface area contributed by atoms with Crippen molar-refractivity contribution in [2.24, 2.45) is 0 Å². The van der Waals surface area contributed by atoms with Crippen LogP contribution in [0.15, 0.2) is 43.0 Å². The fourth-order valence-electron chi connectivity index (χ4n) is 1.66. The third-order valence-corrected chi connectivity index (χ3v) is 2.60. The first-order valence-electron chi connectivity index (χ1n) is 5.76. The lowest BCUT2D eigenvalue weighted by molar-refractivity contribution is -0.695. The highest BCUT2D eigenvalue weighted by molar-refractivity contribution is 5.48. The van der Waals surface area contributed by atoms with Crippen molar-refractivity contribution in [1.82, 2.24) is 4.98 Å². The van der Waals surface area contributed by atoms with Gasteiger partial charge < -0.3 is 5.32 Å². The molecule has 0 fully saturated rings. The molecule has 94 valence electrons. The van der Waals surface area contributed by atoms with Gasteiger partial charge in [0.05, 0.1) is 11.5 Å². The largest absolute Gasteiger partial charge is 0.385 e. The molecule has 2 rings (SSSR count). The zero-order chi connectivity index (χ0) is 12.8. The van der Waals surface area contributed by atoms with E-state index in [4.69, 9.17) is 0 Å². The molecule has 2 N–H and O–H groups in total. The molecule has 0 bridgehead atoms. The molecule has 0 aliphatic carbocycles. The van der Waals surface area contributed by atoms with E-state index in [1.807, 2.05) is 18.7 Å². The number of imidazole rings is 1. The number of hydrogen-bond acceptors (Lipinski definition) is 3. The Kier molecular flexibility index (Phi) is 3.90. The maximum atomic E-state index is 10.5. The topological polar surface area (TPSA) is 74.8 Å². The molecule has 0 aliphatic rings. The second-order valence-electron chi connectivity index (χ2n) is 3.93. The van der Waals surface area contributed by atoms with Crippen molar-refractivity contribution in [3.05, 3.63) is 53.1 Å². The number of aromatic nitrogens is 2. The average molecular weight is 247 g/mol. The Bertz CT molecular complexity index is 493. The van der Waals surface area contributed by atoms with Crippen LogP contribution in [0.2, 0.25) is 0 Å². The summed E-state index contributed by atoms with van der Waals surface area (Å²) in [6.45, 7) is 1.76. The van der Waals surface area contributed by atoms with Gasteiger partial charge in [-0.1, -0.05) is 0 Å². The number of rotatable bonds is 6. The van der Waals surface area contributed by atoms with Gasteiger partial charge in [-0.15, -0.1) is 0 Å². The van der Waals surface area contributed by atoms with Crippen molar-refractivity contribution in [3.63, 3.8) is 0 Å². The summed E-state index contributed by atoms with van der Waals surface area (Å²) < 4.78 is 2.07. The van der Waals surface area contributed by atoms with E-state index in [0.29, 0.717) is 0 Å². The predicted molar refractivity (Wildman–Crippen MR) is 67.2 cm³/mol. The number of nitrogens with zero attached hydrogens (tertiary/aromatic N) is 2. The first-order chi connectivity index (χ1) is 8.75.